The van der Waals surface area contributed by atoms with Gasteiger partial charge in [-0.3, -0.25) is 4.79 Å². The molecule has 3 aliphatic carbocycles. The van der Waals surface area contributed by atoms with Crippen molar-refractivity contribution in [3.63, 3.8) is 0 Å². The van der Waals surface area contributed by atoms with Crippen LogP contribution in [-0.4, -0.2) is 29.8 Å². The van der Waals surface area contributed by atoms with Crippen molar-refractivity contribution in [2.24, 2.45) is 11.3 Å². The Morgan fingerprint density at radius 1 is 1.07 bits per heavy atom. The SMILES string of the molecule is O=C(N[C@H]1C[C@H]2CC[C@]1(C(=O)O)C2)OCC1c2ccccc2-c2ccccc21. The summed E-state index contributed by atoms with van der Waals surface area (Å²) in [5.41, 5.74) is 3.89. The van der Waals surface area contributed by atoms with Gasteiger partial charge in [-0.1, -0.05) is 48.5 Å². The number of nitrogens with one attached hydrogen (secondary N) is 1. The second kappa shape index (κ2) is 6.36. The third kappa shape index (κ3) is 2.53. The van der Waals surface area contributed by atoms with Crippen LogP contribution in [0.15, 0.2) is 48.5 Å². The number of carboxylic acids is 1. The number of hydrogen-bond acceptors (Lipinski definition) is 3. The van der Waals surface area contributed by atoms with Crippen molar-refractivity contribution >= 4 is 12.1 Å². The number of fused-ring (bicyclic) bond motifs is 5. The molecule has 2 fully saturated rings. The molecule has 3 atom stereocenters. The van der Waals surface area contributed by atoms with Crippen LogP contribution in [0.5, 0.6) is 0 Å². The van der Waals surface area contributed by atoms with Crippen molar-refractivity contribution < 1.29 is 19.4 Å². The van der Waals surface area contributed by atoms with Gasteiger partial charge in [-0.25, -0.2) is 4.79 Å². The zero-order valence-corrected chi connectivity index (χ0v) is 15.6. The number of alkyl carbamates (subject to hydrolysis) is 1. The Bertz CT molecular complexity index is 910. The summed E-state index contributed by atoms with van der Waals surface area (Å²) in [7, 11) is 0. The van der Waals surface area contributed by atoms with Crippen LogP contribution >= 0.6 is 0 Å². The molecular formula is C23H23NO4. The molecule has 0 aromatic heterocycles. The molecular weight excluding hydrogens is 354 g/mol. The monoisotopic (exact) mass is 377 g/mol. The lowest BCUT2D eigenvalue weighted by atomic mass is 9.80. The molecule has 2 saturated carbocycles. The minimum absolute atomic E-state index is 0.00612. The van der Waals surface area contributed by atoms with Gasteiger partial charge >= 0.3 is 12.1 Å². The summed E-state index contributed by atoms with van der Waals surface area (Å²) in [6, 6.07) is 16.1. The van der Waals surface area contributed by atoms with Gasteiger partial charge in [-0.05, 0) is 53.9 Å². The van der Waals surface area contributed by atoms with Gasteiger partial charge in [0.05, 0.1) is 5.41 Å². The van der Waals surface area contributed by atoms with Gasteiger partial charge in [-0.15, -0.1) is 0 Å². The highest BCUT2D eigenvalue weighted by molar-refractivity contribution is 5.80. The molecule has 0 aliphatic heterocycles. The van der Waals surface area contributed by atoms with Gasteiger partial charge < -0.3 is 15.2 Å². The fourth-order valence-electron chi connectivity index (χ4n) is 5.58. The van der Waals surface area contributed by atoms with Crippen LogP contribution in [0, 0.1) is 11.3 Å². The number of amides is 1. The van der Waals surface area contributed by atoms with E-state index in [2.05, 4.69) is 29.6 Å². The first-order valence-corrected chi connectivity index (χ1v) is 9.93. The van der Waals surface area contributed by atoms with Gasteiger partial charge in [0.15, 0.2) is 0 Å². The van der Waals surface area contributed by atoms with E-state index in [1.54, 1.807) is 0 Å². The second-order valence-electron chi connectivity index (χ2n) is 8.33. The fraction of sp³-hybridized carbons (Fsp3) is 0.391. The largest absolute Gasteiger partial charge is 0.481 e. The van der Waals surface area contributed by atoms with E-state index in [0.717, 1.165) is 12.8 Å². The van der Waals surface area contributed by atoms with Gasteiger partial charge in [0.1, 0.15) is 6.61 Å². The Kier molecular flexibility index (Phi) is 3.93. The molecule has 28 heavy (non-hydrogen) atoms. The van der Waals surface area contributed by atoms with Gasteiger partial charge in [0.25, 0.3) is 0 Å². The zero-order valence-electron chi connectivity index (χ0n) is 15.6. The first kappa shape index (κ1) is 17.3. The van der Waals surface area contributed by atoms with Gasteiger partial charge in [0, 0.05) is 12.0 Å². The molecule has 2 bridgehead atoms. The molecule has 144 valence electrons. The molecule has 2 aromatic carbocycles. The summed E-state index contributed by atoms with van der Waals surface area (Å²) in [4.78, 5) is 24.3. The summed E-state index contributed by atoms with van der Waals surface area (Å²) in [5, 5.41) is 12.6. The van der Waals surface area contributed by atoms with Crippen LogP contribution in [-0.2, 0) is 9.53 Å². The van der Waals surface area contributed by atoms with Crippen molar-refractivity contribution in [1.82, 2.24) is 5.32 Å². The predicted octanol–water partition coefficient (Wildman–Crippen LogP) is 4.17. The van der Waals surface area contributed by atoms with E-state index in [0.29, 0.717) is 18.8 Å². The highest BCUT2D eigenvalue weighted by Crippen LogP contribution is 2.54. The maximum Gasteiger partial charge on any atom is 0.407 e. The van der Waals surface area contributed by atoms with Crippen molar-refractivity contribution in [2.75, 3.05) is 6.61 Å². The van der Waals surface area contributed by atoms with Crippen LogP contribution in [0.1, 0.15) is 42.7 Å². The first-order valence-electron chi connectivity index (χ1n) is 9.93. The maximum atomic E-state index is 12.5. The summed E-state index contributed by atoms with van der Waals surface area (Å²) in [6.07, 6.45) is 2.46. The van der Waals surface area contributed by atoms with Crippen molar-refractivity contribution in [2.45, 2.75) is 37.6 Å². The maximum absolute atomic E-state index is 12.5. The van der Waals surface area contributed by atoms with Crippen LogP contribution < -0.4 is 5.32 Å². The molecule has 2 aromatic rings. The summed E-state index contributed by atoms with van der Waals surface area (Å²) in [6.45, 7) is 0.246. The highest BCUT2D eigenvalue weighted by atomic mass is 16.5. The van der Waals surface area contributed by atoms with Gasteiger partial charge in [-0.2, -0.15) is 0 Å². The average Bonchev–Trinajstić information content (AvgIpc) is 3.37. The minimum Gasteiger partial charge on any atom is -0.481 e. The number of carbonyl (C=O) groups excluding carboxylic acids is 1. The number of hydrogen-bond donors (Lipinski definition) is 2. The molecule has 5 nitrogen and oxygen atoms in total. The lowest BCUT2D eigenvalue weighted by Gasteiger charge is -2.31. The van der Waals surface area contributed by atoms with E-state index in [-0.39, 0.29) is 18.6 Å². The molecule has 0 heterocycles. The van der Waals surface area contributed by atoms with E-state index in [4.69, 9.17) is 4.74 Å². The predicted molar refractivity (Wildman–Crippen MR) is 104 cm³/mol. The molecule has 1 amide bonds. The number of carboxylic acid groups (broad SMARTS) is 1. The Morgan fingerprint density at radius 3 is 2.32 bits per heavy atom. The molecule has 3 aliphatic rings. The molecule has 0 spiro atoms. The Balaban J connectivity index is 1.29. The number of ether oxygens (including phenoxy) is 1. The summed E-state index contributed by atoms with van der Waals surface area (Å²) >= 11 is 0. The smallest absolute Gasteiger partial charge is 0.407 e. The normalized spacial score (nSPS) is 27.3. The van der Waals surface area contributed by atoms with Crippen molar-refractivity contribution in [3.8, 4) is 11.1 Å². The zero-order chi connectivity index (χ0) is 19.3. The lowest BCUT2D eigenvalue weighted by molar-refractivity contribution is -0.149. The van der Waals surface area contributed by atoms with E-state index >= 15 is 0 Å². The Morgan fingerprint density at radius 2 is 1.71 bits per heavy atom. The molecule has 0 saturated heterocycles. The summed E-state index contributed by atoms with van der Waals surface area (Å²) < 4.78 is 5.59. The topological polar surface area (TPSA) is 75.6 Å². The third-order valence-corrected chi connectivity index (χ3v) is 6.95. The quantitative estimate of drug-likeness (QED) is 0.839. The molecule has 0 unspecified atom stereocenters. The van der Waals surface area contributed by atoms with Crippen LogP contribution in [0.3, 0.4) is 0 Å². The number of carbonyl (C=O) groups is 2. The average molecular weight is 377 g/mol. The van der Waals surface area contributed by atoms with Crippen LogP contribution in [0.2, 0.25) is 0 Å². The fourth-order valence-corrected chi connectivity index (χ4v) is 5.58. The van der Waals surface area contributed by atoms with Gasteiger partial charge in [0.2, 0.25) is 0 Å². The van der Waals surface area contributed by atoms with E-state index in [1.165, 1.54) is 22.3 Å². The van der Waals surface area contributed by atoms with Crippen LogP contribution in [0.4, 0.5) is 4.79 Å². The number of aliphatic carboxylic acids is 1. The summed E-state index contributed by atoms with van der Waals surface area (Å²) in [5.74, 6) is -0.391. The Labute approximate surface area is 163 Å². The molecule has 5 heteroatoms. The van der Waals surface area contributed by atoms with Crippen LogP contribution in [0.25, 0.3) is 11.1 Å². The molecule has 5 rings (SSSR count). The second-order valence-corrected chi connectivity index (χ2v) is 8.33. The van der Waals surface area contributed by atoms with Crippen molar-refractivity contribution in [1.29, 1.82) is 0 Å². The van der Waals surface area contributed by atoms with E-state index < -0.39 is 17.5 Å². The number of rotatable bonds is 4. The van der Waals surface area contributed by atoms with E-state index in [9.17, 15) is 14.7 Å². The highest BCUT2D eigenvalue weighted by Gasteiger charge is 2.57. The first-order chi connectivity index (χ1) is 13.6. The van der Waals surface area contributed by atoms with E-state index in [1.807, 2.05) is 24.3 Å². The minimum atomic E-state index is -0.809. The molecule has 0 radical (unpaired) electrons. The molecule has 2 N–H and O–H groups in total. The number of benzene rings is 2. The third-order valence-electron chi connectivity index (χ3n) is 6.95. The lowest BCUT2D eigenvalue weighted by Crippen LogP contribution is -2.49. The van der Waals surface area contributed by atoms with Crippen molar-refractivity contribution in [3.05, 3.63) is 59.7 Å². The Hall–Kier alpha value is -2.82. The standard InChI is InChI=1S/C23H23NO4/c25-21(26)23-10-9-14(12-23)11-20(23)24-22(27)28-13-19-17-7-3-1-5-15(17)16-6-2-4-8-18(16)19/h1-8,14,19-20H,9-13H2,(H,24,27)(H,25,26)/t14-,20+,23+/m1/s1.